The van der Waals surface area contributed by atoms with Crippen LogP contribution in [0.25, 0.3) is 11.1 Å². The zero-order valence-electron chi connectivity index (χ0n) is 9.92. The van der Waals surface area contributed by atoms with Gasteiger partial charge in [-0.15, -0.1) is 0 Å². The molecule has 1 aromatic heterocycles. The maximum atomic E-state index is 12.0. The Morgan fingerprint density at radius 1 is 1.44 bits per heavy atom. The second-order valence-electron chi connectivity index (χ2n) is 3.87. The van der Waals surface area contributed by atoms with Crippen molar-refractivity contribution < 1.29 is 12.8 Å². The molecule has 0 saturated heterocycles. The number of nitrogens with zero attached hydrogens (tertiary/aromatic N) is 1. The Balaban J connectivity index is 2.30. The molecule has 0 bridgehead atoms. The maximum absolute atomic E-state index is 12.0. The minimum absolute atomic E-state index is 0.0517. The van der Waals surface area contributed by atoms with E-state index in [1.54, 1.807) is 30.0 Å². The number of hydrogen-bond donors (Lipinski definition) is 1. The lowest BCUT2D eigenvalue weighted by atomic mass is 10.3. The molecule has 98 valence electrons. The van der Waals surface area contributed by atoms with Crippen LogP contribution in [0.4, 0.5) is 5.69 Å². The molecule has 0 fully saturated rings. The van der Waals surface area contributed by atoms with Gasteiger partial charge in [-0.05, 0) is 36.6 Å². The Hall–Kier alpha value is -1.21. The van der Waals surface area contributed by atoms with Crippen LogP contribution in [0.5, 0.6) is 0 Å². The van der Waals surface area contributed by atoms with Gasteiger partial charge in [0.15, 0.2) is 5.58 Å². The molecule has 0 saturated carbocycles. The Morgan fingerprint density at radius 2 is 2.22 bits per heavy atom. The maximum Gasteiger partial charge on any atom is 0.316 e. The highest BCUT2D eigenvalue weighted by Gasteiger charge is 2.21. The van der Waals surface area contributed by atoms with Crippen molar-refractivity contribution >= 4 is 38.4 Å². The number of benzene rings is 1. The summed E-state index contributed by atoms with van der Waals surface area (Å²) in [6.45, 7) is 0. The lowest BCUT2D eigenvalue weighted by Gasteiger charge is -1.97. The summed E-state index contributed by atoms with van der Waals surface area (Å²) in [7, 11) is -3.44. The number of nitrogens with two attached hydrogens (primary N) is 1. The van der Waals surface area contributed by atoms with Gasteiger partial charge in [0.25, 0.3) is 0 Å². The predicted molar refractivity (Wildman–Crippen MR) is 73.5 cm³/mol. The normalized spacial score (nSPS) is 12.1. The summed E-state index contributed by atoms with van der Waals surface area (Å²) < 4.78 is 29.2. The Bertz CT molecular complexity index is 649. The SMILES string of the molecule is CSCCCS(=O)(=O)c1nc2cc(N)ccc2o1. The third-order valence-electron chi connectivity index (χ3n) is 2.42. The molecule has 2 rings (SSSR count). The van der Waals surface area contributed by atoms with E-state index in [1.807, 2.05) is 6.26 Å². The smallest absolute Gasteiger partial charge is 0.316 e. The van der Waals surface area contributed by atoms with Crippen LogP contribution in [-0.2, 0) is 9.84 Å². The quantitative estimate of drug-likeness (QED) is 0.667. The third-order valence-corrected chi connectivity index (χ3v) is 4.65. The highest BCUT2D eigenvalue weighted by molar-refractivity contribution is 7.98. The van der Waals surface area contributed by atoms with Crippen LogP contribution in [0.1, 0.15) is 6.42 Å². The Labute approximate surface area is 110 Å². The van der Waals surface area contributed by atoms with Gasteiger partial charge >= 0.3 is 5.22 Å². The van der Waals surface area contributed by atoms with Crippen LogP contribution in [0, 0.1) is 0 Å². The molecular weight excluding hydrogens is 272 g/mol. The third kappa shape index (κ3) is 2.78. The summed E-state index contributed by atoms with van der Waals surface area (Å²) in [6, 6.07) is 4.87. The molecule has 1 heterocycles. The molecule has 5 nitrogen and oxygen atoms in total. The monoisotopic (exact) mass is 286 g/mol. The summed E-state index contributed by atoms with van der Waals surface area (Å²) in [5.74, 6) is 0.850. The van der Waals surface area contributed by atoms with Gasteiger partial charge in [-0.2, -0.15) is 16.7 Å². The van der Waals surface area contributed by atoms with Crippen molar-refractivity contribution in [3.63, 3.8) is 0 Å². The highest BCUT2D eigenvalue weighted by Crippen LogP contribution is 2.22. The number of rotatable bonds is 5. The van der Waals surface area contributed by atoms with Crippen molar-refractivity contribution in [1.82, 2.24) is 4.98 Å². The first-order valence-corrected chi connectivity index (χ1v) is 8.45. The summed E-state index contributed by atoms with van der Waals surface area (Å²) in [4.78, 5) is 3.98. The van der Waals surface area contributed by atoms with Gasteiger partial charge in [-0.25, -0.2) is 8.42 Å². The van der Waals surface area contributed by atoms with E-state index in [4.69, 9.17) is 10.2 Å². The van der Waals surface area contributed by atoms with E-state index < -0.39 is 9.84 Å². The molecule has 0 radical (unpaired) electrons. The van der Waals surface area contributed by atoms with Crippen molar-refractivity contribution in [3.8, 4) is 0 Å². The van der Waals surface area contributed by atoms with Gasteiger partial charge in [0.05, 0.1) is 5.75 Å². The van der Waals surface area contributed by atoms with Crippen molar-refractivity contribution in [2.75, 3.05) is 23.5 Å². The van der Waals surface area contributed by atoms with Gasteiger partial charge in [0, 0.05) is 5.69 Å². The Kier molecular flexibility index (Phi) is 3.82. The van der Waals surface area contributed by atoms with Gasteiger partial charge in [0.2, 0.25) is 9.84 Å². The van der Waals surface area contributed by atoms with Gasteiger partial charge < -0.3 is 10.2 Å². The van der Waals surface area contributed by atoms with Crippen LogP contribution in [-0.4, -0.2) is 31.2 Å². The number of oxazole rings is 1. The number of nitrogen functional groups attached to an aromatic ring is 1. The number of hydrogen-bond acceptors (Lipinski definition) is 6. The highest BCUT2D eigenvalue weighted by atomic mass is 32.2. The lowest BCUT2D eigenvalue weighted by Crippen LogP contribution is -2.07. The summed E-state index contributed by atoms with van der Waals surface area (Å²) in [5, 5.41) is -0.218. The molecule has 0 atom stereocenters. The topological polar surface area (TPSA) is 86.2 Å². The zero-order valence-corrected chi connectivity index (χ0v) is 11.6. The van der Waals surface area contributed by atoms with Crippen LogP contribution >= 0.6 is 11.8 Å². The van der Waals surface area contributed by atoms with Gasteiger partial charge in [-0.3, -0.25) is 0 Å². The van der Waals surface area contributed by atoms with Crippen LogP contribution in [0.3, 0.4) is 0 Å². The minimum Gasteiger partial charge on any atom is -0.428 e. The molecule has 1 aromatic carbocycles. The van der Waals surface area contributed by atoms with Crippen molar-refractivity contribution in [3.05, 3.63) is 18.2 Å². The van der Waals surface area contributed by atoms with Crippen LogP contribution in [0.2, 0.25) is 0 Å². The fraction of sp³-hybridized carbons (Fsp3) is 0.364. The molecule has 2 N–H and O–H groups in total. The van der Waals surface area contributed by atoms with Crippen molar-refractivity contribution in [2.24, 2.45) is 0 Å². The molecular formula is C11H14N2O3S2. The number of sulfone groups is 1. The standard InChI is InChI=1S/C11H14N2O3S2/c1-17-5-2-6-18(14,15)11-13-9-7-8(12)3-4-10(9)16-11/h3-4,7H,2,5-6,12H2,1H3. The average Bonchev–Trinajstić information content (AvgIpc) is 2.72. The van der Waals surface area contributed by atoms with Crippen LogP contribution < -0.4 is 5.73 Å². The molecule has 0 aliphatic rings. The number of anilines is 1. The van der Waals surface area contributed by atoms with E-state index in [-0.39, 0.29) is 11.0 Å². The zero-order chi connectivity index (χ0) is 13.2. The first-order chi connectivity index (χ1) is 8.53. The number of fused-ring (bicyclic) bond motifs is 1. The fourth-order valence-corrected chi connectivity index (χ4v) is 3.31. The molecule has 2 aromatic rings. The van der Waals surface area contributed by atoms with E-state index in [0.29, 0.717) is 23.2 Å². The summed E-state index contributed by atoms with van der Waals surface area (Å²) in [5.41, 5.74) is 7.04. The molecule has 7 heteroatoms. The first-order valence-electron chi connectivity index (χ1n) is 5.41. The molecule has 0 unspecified atom stereocenters. The predicted octanol–water partition coefficient (Wildman–Crippen LogP) is 1.94. The second kappa shape index (κ2) is 5.19. The number of thioether (sulfide) groups is 1. The summed E-state index contributed by atoms with van der Waals surface area (Å²) >= 11 is 1.61. The van der Waals surface area contributed by atoms with Gasteiger partial charge in [-0.1, -0.05) is 0 Å². The molecule has 0 amide bonds. The Morgan fingerprint density at radius 3 is 2.94 bits per heavy atom. The lowest BCUT2D eigenvalue weighted by molar-refractivity contribution is 0.458. The van der Waals surface area contributed by atoms with Crippen LogP contribution in [0.15, 0.2) is 27.8 Å². The molecule has 0 aliphatic carbocycles. The van der Waals surface area contributed by atoms with E-state index in [2.05, 4.69) is 4.98 Å². The van der Waals surface area contributed by atoms with E-state index in [9.17, 15) is 8.42 Å². The van der Waals surface area contributed by atoms with Crippen molar-refractivity contribution in [1.29, 1.82) is 0 Å². The average molecular weight is 286 g/mol. The van der Waals surface area contributed by atoms with E-state index in [1.165, 1.54) is 0 Å². The number of aromatic nitrogens is 1. The van der Waals surface area contributed by atoms with E-state index in [0.717, 1.165) is 5.75 Å². The largest absolute Gasteiger partial charge is 0.428 e. The van der Waals surface area contributed by atoms with Crippen molar-refractivity contribution in [2.45, 2.75) is 11.6 Å². The molecule has 0 aliphatic heterocycles. The summed E-state index contributed by atoms with van der Waals surface area (Å²) in [6.07, 6.45) is 2.53. The minimum atomic E-state index is -3.44. The molecule has 0 spiro atoms. The first kappa shape index (κ1) is 13.2. The van der Waals surface area contributed by atoms with Gasteiger partial charge in [0.1, 0.15) is 5.52 Å². The molecule has 18 heavy (non-hydrogen) atoms. The fourth-order valence-electron chi connectivity index (χ4n) is 1.54. The van der Waals surface area contributed by atoms with E-state index >= 15 is 0 Å². The second-order valence-corrected chi connectivity index (χ2v) is 6.84.